The predicted molar refractivity (Wildman–Crippen MR) is 90.0 cm³/mol. The van der Waals surface area contributed by atoms with Gasteiger partial charge in [0.1, 0.15) is 6.10 Å². The maximum atomic E-state index is 13.4. The van der Waals surface area contributed by atoms with Crippen LogP contribution >= 0.6 is 0 Å². The average Bonchev–Trinajstić information content (AvgIpc) is 2.87. The summed E-state index contributed by atoms with van der Waals surface area (Å²) in [7, 11) is -3.58. The lowest BCUT2D eigenvalue weighted by Gasteiger charge is -2.40. The van der Waals surface area contributed by atoms with Crippen molar-refractivity contribution in [1.29, 1.82) is 0 Å². The van der Waals surface area contributed by atoms with E-state index in [4.69, 9.17) is 4.74 Å². The third kappa shape index (κ3) is 2.32. The van der Waals surface area contributed by atoms with Crippen molar-refractivity contribution in [3.8, 4) is 0 Å². The number of carbonyl (C=O) groups excluding carboxylic acids is 1. The van der Waals surface area contributed by atoms with Crippen LogP contribution in [-0.4, -0.2) is 25.7 Å². The summed E-state index contributed by atoms with van der Waals surface area (Å²) in [5, 5.41) is -0.692. The molecule has 4 rings (SSSR count). The molecule has 0 bridgehead atoms. The second kappa shape index (κ2) is 5.73. The van der Waals surface area contributed by atoms with Crippen LogP contribution in [0.2, 0.25) is 0 Å². The van der Waals surface area contributed by atoms with Crippen molar-refractivity contribution in [2.24, 2.45) is 17.8 Å². The Hall–Kier alpha value is -1.62. The van der Waals surface area contributed by atoms with Gasteiger partial charge in [0, 0.05) is 5.92 Å². The van der Waals surface area contributed by atoms with E-state index in [0.717, 1.165) is 25.7 Å². The van der Waals surface area contributed by atoms with Crippen molar-refractivity contribution in [3.63, 3.8) is 0 Å². The van der Waals surface area contributed by atoms with Gasteiger partial charge in [-0.3, -0.25) is 4.79 Å². The third-order valence-corrected chi connectivity index (χ3v) is 8.09. The minimum absolute atomic E-state index is 0.0527. The molecule has 0 spiro atoms. The normalized spacial score (nSPS) is 35.6. The summed E-state index contributed by atoms with van der Waals surface area (Å²) in [5.41, 5.74) is 1.22. The summed E-state index contributed by atoms with van der Waals surface area (Å²) in [6.07, 6.45) is 5.81. The van der Waals surface area contributed by atoms with Crippen molar-refractivity contribution in [3.05, 3.63) is 42.0 Å². The van der Waals surface area contributed by atoms with Crippen molar-refractivity contribution < 1.29 is 17.9 Å². The zero-order valence-electron chi connectivity index (χ0n) is 13.7. The Morgan fingerprint density at radius 2 is 1.88 bits per heavy atom. The Morgan fingerprint density at radius 1 is 1.12 bits per heavy atom. The predicted octanol–water partition coefficient (Wildman–Crippen LogP) is 3.14. The molecule has 2 fully saturated rings. The Bertz CT molecular complexity index is 781. The molecule has 1 aromatic carbocycles. The molecule has 1 saturated carbocycles. The molecule has 3 aliphatic rings. The topological polar surface area (TPSA) is 60.4 Å². The Balaban J connectivity index is 1.85. The molecule has 1 aromatic rings. The number of hydrogen-bond acceptors (Lipinski definition) is 4. The number of rotatable bonds is 2. The molecule has 0 amide bonds. The van der Waals surface area contributed by atoms with Gasteiger partial charge in [-0.05, 0) is 44.2 Å². The van der Waals surface area contributed by atoms with Gasteiger partial charge in [0.05, 0.1) is 16.1 Å². The lowest BCUT2D eigenvalue weighted by molar-refractivity contribution is -0.144. The second-order valence-corrected chi connectivity index (χ2v) is 9.27. The highest BCUT2D eigenvalue weighted by molar-refractivity contribution is 7.92. The first-order chi connectivity index (χ1) is 11.5. The molecule has 1 aliphatic heterocycles. The second-order valence-electron chi connectivity index (χ2n) is 7.16. The number of cyclic esters (lactones) is 1. The van der Waals surface area contributed by atoms with E-state index in [-0.39, 0.29) is 23.9 Å². The van der Waals surface area contributed by atoms with Crippen LogP contribution in [0.5, 0.6) is 0 Å². The van der Waals surface area contributed by atoms with Gasteiger partial charge >= 0.3 is 5.97 Å². The fourth-order valence-electron chi connectivity index (χ4n) is 4.70. The van der Waals surface area contributed by atoms with Crippen molar-refractivity contribution in [2.75, 3.05) is 0 Å². The van der Waals surface area contributed by atoms with Gasteiger partial charge in [-0.15, -0.1) is 0 Å². The van der Waals surface area contributed by atoms with Gasteiger partial charge in [0.25, 0.3) is 0 Å². The van der Waals surface area contributed by atoms with Gasteiger partial charge in [0.2, 0.25) is 0 Å². The smallest absolute Gasteiger partial charge is 0.311 e. The van der Waals surface area contributed by atoms with Crippen LogP contribution in [-0.2, 0) is 19.4 Å². The highest BCUT2D eigenvalue weighted by Gasteiger charge is 2.56. The summed E-state index contributed by atoms with van der Waals surface area (Å²) in [6.45, 7) is 1.87. The minimum atomic E-state index is -3.58. The fraction of sp³-hybridized carbons (Fsp3) is 0.526. The molecule has 0 radical (unpaired) electrons. The molecule has 5 heteroatoms. The van der Waals surface area contributed by atoms with Gasteiger partial charge < -0.3 is 4.74 Å². The Kier molecular flexibility index (Phi) is 3.79. The molecule has 0 N–H and O–H groups in total. The standard InChI is InChI=1S/C19H22O4S/c1-12-16-11-13-7-5-6-10-15(13)18(17(16)19(20)23-12)24(21,22)14-8-3-2-4-9-14/h2-4,8-9,11-12,15-18H,5-7,10H2,1H3/t12-,15-,16-,17?,18?/m1/s1. The summed E-state index contributed by atoms with van der Waals surface area (Å²) in [5.74, 6) is -1.09. The van der Waals surface area contributed by atoms with E-state index in [2.05, 4.69) is 6.08 Å². The Labute approximate surface area is 142 Å². The highest BCUT2D eigenvalue weighted by Crippen LogP contribution is 2.49. The fourth-order valence-corrected chi connectivity index (χ4v) is 6.97. The molecule has 2 aliphatic carbocycles. The monoisotopic (exact) mass is 346 g/mol. The molecule has 0 aromatic heterocycles. The molecule has 4 nitrogen and oxygen atoms in total. The van der Waals surface area contributed by atoms with Gasteiger partial charge in [-0.2, -0.15) is 0 Å². The van der Waals surface area contributed by atoms with Crippen molar-refractivity contribution >= 4 is 15.8 Å². The first-order valence-corrected chi connectivity index (χ1v) is 10.2. The Morgan fingerprint density at radius 3 is 2.62 bits per heavy atom. The summed E-state index contributed by atoms with van der Waals surface area (Å²) in [6, 6.07) is 8.55. The number of allylic oxidation sites excluding steroid dienone is 1. The first kappa shape index (κ1) is 15.9. The van der Waals surface area contributed by atoms with E-state index in [1.165, 1.54) is 5.57 Å². The number of ether oxygens (including phenoxy) is 1. The molecular weight excluding hydrogens is 324 g/mol. The molecule has 128 valence electrons. The van der Waals surface area contributed by atoms with Gasteiger partial charge in [-0.1, -0.05) is 36.3 Å². The zero-order chi connectivity index (χ0) is 16.9. The number of sulfone groups is 1. The number of benzene rings is 1. The van der Waals surface area contributed by atoms with Crippen molar-refractivity contribution in [2.45, 2.75) is 48.9 Å². The molecule has 1 heterocycles. The van der Waals surface area contributed by atoms with Crippen LogP contribution in [0.1, 0.15) is 32.6 Å². The van der Waals surface area contributed by atoms with Crippen LogP contribution in [0.25, 0.3) is 0 Å². The van der Waals surface area contributed by atoms with E-state index in [1.807, 2.05) is 6.92 Å². The largest absolute Gasteiger partial charge is 0.462 e. The SMILES string of the molecule is C[C@H]1OC(=O)C2C(S(=O)(=O)c3ccccc3)[C@@H]3CCCCC3=C[C@@H]21. The van der Waals surface area contributed by atoms with Crippen LogP contribution in [0.4, 0.5) is 0 Å². The molecule has 2 unspecified atom stereocenters. The number of esters is 1. The highest BCUT2D eigenvalue weighted by atomic mass is 32.2. The maximum absolute atomic E-state index is 13.4. The summed E-state index contributed by atoms with van der Waals surface area (Å²) in [4.78, 5) is 12.8. The molecule has 24 heavy (non-hydrogen) atoms. The lowest BCUT2D eigenvalue weighted by atomic mass is 9.69. The van der Waals surface area contributed by atoms with Crippen molar-refractivity contribution in [1.82, 2.24) is 0 Å². The lowest BCUT2D eigenvalue weighted by Crippen LogP contribution is -2.46. The zero-order valence-corrected chi connectivity index (χ0v) is 14.5. The maximum Gasteiger partial charge on any atom is 0.311 e. The third-order valence-electron chi connectivity index (χ3n) is 5.82. The van der Waals surface area contributed by atoms with E-state index in [0.29, 0.717) is 4.90 Å². The van der Waals surface area contributed by atoms with Crippen LogP contribution < -0.4 is 0 Å². The van der Waals surface area contributed by atoms with Crippen LogP contribution in [0, 0.1) is 17.8 Å². The van der Waals surface area contributed by atoms with Crippen LogP contribution in [0.15, 0.2) is 46.9 Å². The minimum Gasteiger partial charge on any atom is -0.462 e. The quantitative estimate of drug-likeness (QED) is 0.610. The van der Waals surface area contributed by atoms with E-state index in [1.54, 1.807) is 30.3 Å². The number of hydrogen-bond donors (Lipinski definition) is 0. The average molecular weight is 346 g/mol. The van der Waals surface area contributed by atoms with Gasteiger partial charge in [0.15, 0.2) is 9.84 Å². The molecule has 1 saturated heterocycles. The summed E-state index contributed by atoms with van der Waals surface area (Å²) < 4.78 is 32.2. The van der Waals surface area contributed by atoms with E-state index in [9.17, 15) is 13.2 Å². The summed E-state index contributed by atoms with van der Waals surface area (Å²) >= 11 is 0. The first-order valence-electron chi connectivity index (χ1n) is 8.70. The number of carbonyl (C=O) groups is 1. The van der Waals surface area contributed by atoms with Gasteiger partial charge in [-0.25, -0.2) is 8.42 Å². The van der Waals surface area contributed by atoms with E-state index >= 15 is 0 Å². The number of fused-ring (bicyclic) bond motifs is 2. The van der Waals surface area contributed by atoms with Crippen LogP contribution in [0.3, 0.4) is 0 Å². The molecule has 5 atom stereocenters. The molecular formula is C19H22O4S. The van der Waals surface area contributed by atoms with E-state index < -0.39 is 21.0 Å².